The lowest BCUT2D eigenvalue weighted by Crippen LogP contribution is -2.42. The standard InChI is InChI=1S/C14H27NO2/c1-13(2)8-11(14(3,4)17-13)12(15)7-10-5-6-16-9-10/h10-12H,5-9,15H2,1-4H3. The summed E-state index contributed by atoms with van der Waals surface area (Å²) in [6.07, 6.45) is 3.31. The van der Waals surface area contributed by atoms with Crippen LogP contribution in [0.4, 0.5) is 0 Å². The molecule has 0 aliphatic carbocycles. The van der Waals surface area contributed by atoms with E-state index in [1.807, 2.05) is 0 Å². The van der Waals surface area contributed by atoms with Gasteiger partial charge in [-0.3, -0.25) is 0 Å². The molecule has 0 aromatic rings. The number of rotatable bonds is 3. The summed E-state index contributed by atoms with van der Waals surface area (Å²) < 4.78 is 11.5. The van der Waals surface area contributed by atoms with Crippen LogP contribution in [0.15, 0.2) is 0 Å². The minimum absolute atomic E-state index is 0.0298. The average Bonchev–Trinajstić information content (AvgIpc) is 2.71. The minimum atomic E-state index is -0.0949. The maximum Gasteiger partial charge on any atom is 0.0677 e. The van der Waals surface area contributed by atoms with Gasteiger partial charge >= 0.3 is 0 Å². The van der Waals surface area contributed by atoms with Crippen molar-refractivity contribution in [1.29, 1.82) is 0 Å². The molecular formula is C14H27NO2. The highest BCUT2D eigenvalue weighted by Crippen LogP contribution is 2.44. The Hall–Kier alpha value is -0.120. The summed E-state index contributed by atoms with van der Waals surface area (Å²) >= 11 is 0. The van der Waals surface area contributed by atoms with Crippen molar-refractivity contribution in [3.05, 3.63) is 0 Å². The lowest BCUT2D eigenvalue weighted by atomic mass is 9.78. The van der Waals surface area contributed by atoms with Crippen LogP contribution in [0.25, 0.3) is 0 Å². The third kappa shape index (κ3) is 3.01. The number of hydrogen-bond acceptors (Lipinski definition) is 3. The third-order valence-electron chi connectivity index (χ3n) is 4.29. The van der Waals surface area contributed by atoms with Gasteiger partial charge in [0.25, 0.3) is 0 Å². The van der Waals surface area contributed by atoms with E-state index in [1.54, 1.807) is 0 Å². The van der Waals surface area contributed by atoms with E-state index in [-0.39, 0.29) is 17.2 Å². The highest BCUT2D eigenvalue weighted by atomic mass is 16.5. The topological polar surface area (TPSA) is 44.5 Å². The van der Waals surface area contributed by atoms with Crippen LogP contribution >= 0.6 is 0 Å². The van der Waals surface area contributed by atoms with Crippen molar-refractivity contribution < 1.29 is 9.47 Å². The monoisotopic (exact) mass is 241 g/mol. The third-order valence-corrected chi connectivity index (χ3v) is 4.29. The fraction of sp³-hybridized carbons (Fsp3) is 1.00. The summed E-state index contributed by atoms with van der Waals surface area (Å²) in [6, 6.07) is 0.235. The molecule has 2 rings (SSSR count). The normalized spacial score (nSPS) is 37.2. The van der Waals surface area contributed by atoms with Gasteiger partial charge in [-0.2, -0.15) is 0 Å². The first-order chi connectivity index (χ1) is 7.80. The van der Waals surface area contributed by atoms with Gasteiger partial charge in [0.05, 0.1) is 11.2 Å². The van der Waals surface area contributed by atoms with Crippen LogP contribution in [0.5, 0.6) is 0 Å². The van der Waals surface area contributed by atoms with E-state index < -0.39 is 0 Å². The van der Waals surface area contributed by atoms with Crippen molar-refractivity contribution >= 4 is 0 Å². The molecule has 2 N–H and O–H groups in total. The van der Waals surface area contributed by atoms with Crippen molar-refractivity contribution in [2.75, 3.05) is 13.2 Å². The Balaban J connectivity index is 1.96. The van der Waals surface area contributed by atoms with Crippen LogP contribution < -0.4 is 5.73 Å². The van der Waals surface area contributed by atoms with Gasteiger partial charge in [-0.1, -0.05) is 0 Å². The second-order valence-electron chi connectivity index (χ2n) is 6.90. The Morgan fingerprint density at radius 1 is 1.29 bits per heavy atom. The molecule has 3 nitrogen and oxygen atoms in total. The van der Waals surface area contributed by atoms with Gasteiger partial charge in [0.2, 0.25) is 0 Å². The summed E-state index contributed by atoms with van der Waals surface area (Å²) in [5, 5.41) is 0. The molecule has 2 saturated heterocycles. The van der Waals surface area contributed by atoms with Crippen LogP contribution in [0.1, 0.15) is 47.0 Å². The van der Waals surface area contributed by atoms with Gasteiger partial charge < -0.3 is 15.2 Å². The second-order valence-corrected chi connectivity index (χ2v) is 6.90. The van der Waals surface area contributed by atoms with E-state index in [1.165, 1.54) is 6.42 Å². The van der Waals surface area contributed by atoms with E-state index >= 15 is 0 Å². The molecule has 3 unspecified atom stereocenters. The molecule has 0 spiro atoms. The molecular weight excluding hydrogens is 214 g/mol. The Labute approximate surface area is 105 Å². The number of ether oxygens (including phenoxy) is 2. The molecule has 0 aromatic carbocycles. The Morgan fingerprint density at radius 2 is 2.00 bits per heavy atom. The molecule has 17 heavy (non-hydrogen) atoms. The lowest BCUT2D eigenvalue weighted by molar-refractivity contribution is -0.0771. The smallest absolute Gasteiger partial charge is 0.0677 e. The van der Waals surface area contributed by atoms with Gasteiger partial charge in [-0.15, -0.1) is 0 Å². The molecule has 2 heterocycles. The zero-order valence-electron chi connectivity index (χ0n) is 11.7. The van der Waals surface area contributed by atoms with Crippen molar-refractivity contribution in [2.45, 2.75) is 64.2 Å². The average molecular weight is 241 g/mol. The zero-order chi connectivity index (χ0) is 12.7. The van der Waals surface area contributed by atoms with Crippen LogP contribution in [-0.4, -0.2) is 30.5 Å². The summed E-state index contributed by atoms with van der Waals surface area (Å²) in [7, 11) is 0. The Bertz CT molecular complexity index is 269. The molecule has 2 aliphatic heterocycles. The van der Waals surface area contributed by atoms with E-state index in [4.69, 9.17) is 15.2 Å². The molecule has 0 bridgehead atoms. The molecule has 0 aromatic heterocycles. The zero-order valence-corrected chi connectivity index (χ0v) is 11.7. The first kappa shape index (κ1) is 13.3. The van der Waals surface area contributed by atoms with Crippen molar-refractivity contribution in [1.82, 2.24) is 0 Å². The second kappa shape index (κ2) is 4.52. The Kier molecular flexibility index (Phi) is 3.54. The van der Waals surface area contributed by atoms with Gasteiger partial charge in [-0.05, 0) is 52.9 Å². The fourth-order valence-electron chi connectivity index (χ4n) is 3.59. The van der Waals surface area contributed by atoms with Crippen molar-refractivity contribution in [3.8, 4) is 0 Å². The number of hydrogen-bond donors (Lipinski definition) is 1. The van der Waals surface area contributed by atoms with E-state index in [9.17, 15) is 0 Å². The first-order valence-electron chi connectivity index (χ1n) is 6.84. The quantitative estimate of drug-likeness (QED) is 0.825. The largest absolute Gasteiger partial charge is 0.381 e. The van der Waals surface area contributed by atoms with E-state index in [2.05, 4.69) is 27.7 Å². The van der Waals surface area contributed by atoms with Gasteiger partial charge in [0, 0.05) is 25.2 Å². The van der Waals surface area contributed by atoms with Crippen LogP contribution in [-0.2, 0) is 9.47 Å². The predicted octanol–water partition coefficient (Wildman–Crippen LogP) is 2.33. The molecule has 0 amide bonds. The predicted molar refractivity (Wildman–Crippen MR) is 68.9 cm³/mol. The fourth-order valence-corrected chi connectivity index (χ4v) is 3.59. The maximum atomic E-state index is 6.42. The molecule has 2 fully saturated rings. The lowest BCUT2D eigenvalue weighted by Gasteiger charge is -2.32. The molecule has 3 heteroatoms. The van der Waals surface area contributed by atoms with Crippen LogP contribution in [0.3, 0.4) is 0 Å². The van der Waals surface area contributed by atoms with Crippen LogP contribution in [0.2, 0.25) is 0 Å². The molecule has 2 aliphatic rings. The summed E-state index contributed by atoms with van der Waals surface area (Å²) in [4.78, 5) is 0. The molecule has 100 valence electrons. The van der Waals surface area contributed by atoms with Crippen molar-refractivity contribution in [3.63, 3.8) is 0 Å². The van der Waals surface area contributed by atoms with Crippen LogP contribution in [0, 0.1) is 11.8 Å². The molecule has 3 atom stereocenters. The van der Waals surface area contributed by atoms with Gasteiger partial charge in [0.15, 0.2) is 0 Å². The van der Waals surface area contributed by atoms with E-state index in [0.29, 0.717) is 11.8 Å². The van der Waals surface area contributed by atoms with E-state index in [0.717, 1.165) is 26.1 Å². The van der Waals surface area contributed by atoms with Gasteiger partial charge in [0.1, 0.15) is 0 Å². The first-order valence-corrected chi connectivity index (χ1v) is 6.84. The van der Waals surface area contributed by atoms with Gasteiger partial charge in [-0.25, -0.2) is 0 Å². The highest BCUT2D eigenvalue weighted by Gasteiger charge is 2.48. The molecule has 0 saturated carbocycles. The highest BCUT2D eigenvalue weighted by molar-refractivity contribution is 4.99. The SMILES string of the molecule is CC1(C)CC(C(N)CC2CCOC2)C(C)(C)O1. The van der Waals surface area contributed by atoms with Crippen molar-refractivity contribution in [2.24, 2.45) is 17.6 Å². The summed E-state index contributed by atoms with van der Waals surface area (Å²) in [5.74, 6) is 1.11. The maximum absolute atomic E-state index is 6.42. The summed E-state index contributed by atoms with van der Waals surface area (Å²) in [5.41, 5.74) is 6.30. The molecule has 0 radical (unpaired) electrons. The minimum Gasteiger partial charge on any atom is -0.381 e. The number of nitrogens with two attached hydrogens (primary N) is 1. The summed E-state index contributed by atoms with van der Waals surface area (Å²) in [6.45, 7) is 10.5. The Morgan fingerprint density at radius 3 is 2.47 bits per heavy atom.